The molecule has 1 aliphatic rings. The molecule has 0 radical (unpaired) electrons. The molecular weight excluding hydrogens is 476 g/mol. The van der Waals surface area contributed by atoms with Crippen molar-refractivity contribution in [3.05, 3.63) is 57.6 Å². The zero-order valence-corrected chi connectivity index (χ0v) is 20.5. The second-order valence-electron chi connectivity index (χ2n) is 8.75. The molecule has 0 N–H and O–H groups in total. The van der Waals surface area contributed by atoms with Gasteiger partial charge in [-0.1, -0.05) is 60.8 Å². The summed E-state index contributed by atoms with van der Waals surface area (Å²) in [7, 11) is 4.52. The van der Waals surface area contributed by atoms with Gasteiger partial charge in [0.25, 0.3) is 0 Å². The molecule has 0 spiro atoms. The van der Waals surface area contributed by atoms with Crippen LogP contribution in [-0.2, 0) is 6.54 Å². The van der Waals surface area contributed by atoms with Crippen LogP contribution in [0.5, 0.6) is 0 Å². The SMILES string of the molecule is CC1=CCCC(C)(C)C1C=CC(C)[N+](C)(C)Cc1ccc(Cl)cc1Cl.[I-]. The van der Waals surface area contributed by atoms with Gasteiger partial charge in [0.05, 0.1) is 19.1 Å². The monoisotopic (exact) mass is 507 g/mol. The molecule has 0 heterocycles. The molecule has 4 heteroatoms. The van der Waals surface area contributed by atoms with Crippen molar-refractivity contribution in [2.24, 2.45) is 11.3 Å². The van der Waals surface area contributed by atoms with E-state index in [0.717, 1.165) is 21.6 Å². The number of benzene rings is 1. The number of likely N-dealkylation sites (N-methyl/N-ethyl adjacent to an activating group) is 1. The molecule has 1 aromatic rings. The summed E-state index contributed by atoms with van der Waals surface area (Å²) >= 11 is 12.4. The Labute approximate surface area is 187 Å². The van der Waals surface area contributed by atoms with Crippen molar-refractivity contribution in [1.29, 1.82) is 0 Å². The van der Waals surface area contributed by atoms with E-state index in [4.69, 9.17) is 23.2 Å². The molecule has 2 atom stereocenters. The molecule has 0 saturated carbocycles. The minimum Gasteiger partial charge on any atom is -1.00 e. The Morgan fingerprint density at radius 1 is 1.27 bits per heavy atom. The minimum atomic E-state index is 0. The summed E-state index contributed by atoms with van der Waals surface area (Å²) in [6, 6.07) is 6.19. The van der Waals surface area contributed by atoms with E-state index in [1.807, 2.05) is 18.2 Å². The van der Waals surface area contributed by atoms with Gasteiger partial charge in [0.1, 0.15) is 12.6 Å². The van der Waals surface area contributed by atoms with Crippen LogP contribution in [0.15, 0.2) is 42.0 Å². The van der Waals surface area contributed by atoms with E-state index in [1.165, 1.54) is 18.4 Å². The van der Waals surface area contributed by atoms with Crippen molar-refractivity contribution in [2.45, 2.75) is 53.1 Å². The second-order valence-corrected chi connectivity index (χ2v) is 9.59. The van der Waals surface area contributed by atoms with Gasteiger partial charge in [0.15, 0.2) is 0 Å². The number of hydrogen-bond donors (Lipinski definition) is 0. The summed E-state index contributed by atoms with van der Waals surface area (Å²) in [5.41, 5.74) is 2.99. The molecule has 146 valence electrons. The lowest BCUT2D eigenvalue weighted by atomic mass is 9.68. The molecular formula is C22H32Cl2IN. The highest BCUT2D eigenvalue weighted by Crippen LogP contribution is 2.41. The van der Waals surface area contributed by atoms with Gasteiger partial charge in [0, 0.05) is 16.5 Å². The first-order chi connectivity index (χ1) is 11.5. The zero-order valence-electron chi connectivity index (χ0n) is 16.8. The summed E-state index contributed by atoms with van der Waals surface area (Å²) in [6.45, 7) is 10.2. The molecule has 1 aromatic carbocycles. The highest BCUT2D eigenvalue weighted by atomic mass is 127. The van der Waals surface area contributed by atoms with Crippen LogP contribution in [0.1, 0.15) is 46.1 Å². The Balaban J connectivity index is 0.00000338. The number of allylic oxidation sites excluding steroid dienone is 3. The summed E-state index contributed by atoms with van der Waals surface area (Å²) in [5, 5.41) is 1.44. The first-order valence-corrected chi connectivity index (χ1v) is 9.90. The van der Waals surface area contributed by atoms with Crippen LogP contribution >= 0.6 is 23.2 Å². The Morgan fingerprint density at radius 2 is 1.92 bits per heavy atom. The molecule has 0 saturated heterocycles. The van der Waals surface area contributed by atoms with Crippen LogP contribution in [0.25, 0.3) is 0 Å². The maximum Gasteiger partial charge on any atom is 0.106 e. The van der Waals surface area contributed by atoms with E-state index in [9.17, 15) is 0 Å². The highest BCUT2D eigenvalue weighted by Gasteiger charge is 2.31. The number of nitrogens with zero attached hydrogens (tertiary/aromatic N) is 1. The molecule has 1 nitrogen and oxygen atoms in total. The second kappa shape index (κ2) is 9.45. The molecule has 26 heavy (non-hydrogen) atoms. The largest absolute Gasteiger partial charge is 1.00 e. The van der Waals surface area contributed by atoms with Crippen molar-refractivity contribution < 1.29 is 28.5 Å². The van der Waals surface area contributed by atoms with Crippen LogP contribution < -0.4 is 24.0 Å². The molecule has 0 aliphatic heterocycles. The Kier molecular flexibility index (Phi) is 8.72. The lowest BCUT2D eigenvalue weighted by molar-refractivity contribution is -0.919. The van der Waals surface area contributed by atoms with Crippen molar-refractivity contribution >= 4 is 23.2 Å². The number of rotatable bonds is 5. The predicted octanol–water partition coefficient (Wildman–Crippen LogP) is 3.90. The van der Waals surface area contributed by atoms with Crippen LogP contribution in [-0.4, -0.2) is 24.6 Å². The average molecular weight is 508 g/mol. The maximum atomic E-state index is 6.38. The summed E-state index contributed by atoms with van der Waals surface area (Å²) in [5.74, 6) is 0.530. The standard InChI is InChI=1S/C22H32Cl2N.HI/c1-16-8-7-13-22(3,4)20(16)12-9-17(2)25(5,6)15-18-10-11-19(23)14-21(18)24;/h8-12,14,17,20H,7,13,15H2,1-6H3;1H/q+1;/p-1. The van der Waals surface area contributed by atoms with Gasteiger partial charge in [-0.25, -0.2) is 0 Å². The van der Waals surface area contributed by atoms with Crippen LogP contribution in [0, 0.1) is 11.3 Å². The third-order valence-electron chi connectivity index (χ3n) is 5.87. The Bertz CT molecular complexity index is 677. The molecule has 0 fully saturated rings. The highest BCUT2D eigenvalue weighted by molar-refractivity contribution is 6.35. The third kappa shape index (κ3) is 5.98. The van der Waals surface area contributed by atoms with Gasteiger partial charge < -0.3 is 28.5 Å². The first kappa shape index (κ1) is 24.0. The fourth-order valence-corrected chi connectivity index (χ4v) is 4.19. The normalized spacial score (nSPS) is 21.2. The molecule has 1 aliphatic carbocycles. The maximum absolute atomic E-state index is 6.38. The zero-order chi connectivity index (χ0) is 18.8. The summed E-state index contributed by atoms with van der Waals surface area (Å²) in [4.78, 5) is 0. The van der Waals surface area contributed by atoms with E-state index < -0.39 is 0 Å². The first-order valence-electron chi connectivity index (χ1n) is 9.14. The van der Waals surface area contributed by atoms with E-state index in [-0.39, 0.29) is 24.0 Å². The minimum absolute atomic E-state index is 0. The summed E-state index contributed by atoms with van der Waals surface area (Å²) in [6.07, 6.45) is 9.68. The topological polar surface area (TPSA) is 0 Å². The number of quaternary nitrogens is 1. The van der Waals surface area contributed by atoms with Crippen LogP contribution in [0.4, 0.5) is 0 Å². The van der Waals surface area contributed by atoms with E-state index in [1.54, 1.807) is 0 Å². The average Bonchev–Trinajstić information content (AvgIpc) is 2.48. The fraction of sp³-hybridized carbons (Fsp3) is 0.545. The van der Waals surface area contributed by atoms with Gasteiger partial charge >= 0.3 is 0 Å². The molecule has 0 bridgehead atoms. The number of halogens is 3. The van der Waals surface area contributed by atoms with Crippen molar-refractivity contribution in [1.82, 2.24) is 0 Å². The molecule has 2 unspecified atom stereocenters. The predicted molar refractivity (Wildman–Crippen MR) is 111 cm³/mol. The lowest BCUT2D eigenvalue weighted by Gasteiger charge is -2.38. The fourth-order valence-electron chi connectivity index (χ4n) is 3.72. The Morgan fingerprint density at radius 3 is 2.50 bits per heavy atom. The van der Waals surface area contributed by atoms with Gasteiger partial charge in [0.2, 0.25) is 0 Å². The molecule has 0 aromatic heterocycles. The van der Waals surface area contributed by atoms with Gasteiger partial charge in [-0.3, -0.25) is 0 Å². The van der Waals surface area contributed by atoms with Gasteiger partial charge in [-0.2, -0.15) is 0 Å². The quantitative estimate of drug-likeness (QED) is 0.322. The Hall–Kier alpha value is -0.0300. The molecule has 0 amide bonds. The van der Waals surface area contributed by atoms with Gasteiger partial charge in [-0.05, 0) is 50.3 Å². The number of hydrogen-bond acceptors (Lipinski definition) is 0. The lowest BCUT2D eigenvalue weighted by Crippen LogP contribution is -3.00. The smallest absolute Gasteiger partial charge is 0.106 e. The summed E-state index contributed by atoms with van der Waals surface area (Å²) < 4.78 is 0.855. The van der Waals surface area contributed by atoms with Crippen LogP contribution in [0.2, 0.25) is 10.0 Å². The van der Waals surface area contributed by atoms with Crippen molar-refractivity contribution in [3.63, 3.8) is 0 Å². The van der Waals surface area contributed by atoms with E-state index in [0.29, 0.717) is 22.4 Å². The van der Waals surface area contributed by atoms with E-state index >= 15 is 0 Å². The van der Waals surface area contributed by atoms with E-state index in [2.05, 4.69) is 60.0 Å². The van der Waals surface area contributed by atoms with Crippen molar-refractivity contribution in [2.75, 3.05) is 14.1 Å². The third-order valence-corrected chi connectivity index (χ3v) is 6.45. The van der Waals surface area contributed by atoms with Crippen molar-refractivity contribution in [3.8, 4) is 0 Å². The molecule has 2 rings (SSSR count). The van der Waals surface area contributed by atoms with Gasteiger partial charge in [-0.15, -0.1) is 0 Å². The van der Waals surface area contributed by atoms with Crippen LogP contribution in [0.3, 0.4) is 0 Å².